The predicted molar refractivity (Wildman–Crippen MR) is 139 cm³/mol. The van der Waals surface area contributed by atoms with Crippen LogP contribution < -0.4 is 10.2 Å². The summed E-state index contributed by atoms with van der Waals surface area (Å²) < 4.78 is 7.54. The Morgan fingerprint density at radius 3 is 2.50 bits per heavy atom. The number of aliphatic imine (C=N–C) groups is 1. The van der Waals surface area contributed by atoms with Crippen LogP contribution >= 0.6 is 0 Å². The summed E-state index contributed by atoms with van der Waals surface area (Å²) in [6.07, 6.45) is 12.4. The number of carboxylic acid groups (broad SMARTS) is 1. The van der Waals surface area contributed by atoms with E-state index in [1.54, 1.807) is 23.9 Å². The fraction of sp³-hybridized carbons (Fsp3) is 0.536. The number of ketones is 1. The molecule has 8 heteroatoms. The highest BCUT2D eigenvalue weighted by atomic mass is 16.7. The number of nitrogens with one attached hydrogen (secondary N) is 1. The van der Waals surface area contributed by atoms with Crippen LogP contribution in [0.1, 0.15) is 88.4 Å². The third-order valence-corrected chi connectivity index (χ3v) is 6.44. The average molecular weight is 498 g/mol. The molecule has 0 bridgehead atoms. The first-order valence-electron chi connectivity index (χ1n) is 13.0. The lowest BCUT2D eigenvalue weighted by atomic mass is 10.0. The molecule has 0 saturated carbocycles. The summed E-state index contributed by atoms with van der Waals surface area (Å²) in [6, 6.07) is 7.50. The molecule has 0 fully saturated rings. The number of aliphatic carboxylic acids is 1. The van der Waals surface area contributed by atoms with Gasteiger partial charge in [0.2, 0.25) is 5.90 Å². The molecular weight excluding hydrogens is 458 g/mol. The second-order valence-corrected chi connectivity index (χ2v) is 9.46. The fourth-order valence-corrected chi connectivity index (χ4v) is 4.17. The first kappa shape index (κ1) is 27.5. The maximum atomic E-state index is 12.9. The maximum Gasteiger partial charge on any atom is 0.303 e. The number of carboxylic acids is 1. The van der Waals surface area contributed by atoms with Crippen LogP contribution in [0.3, 0.4) is 0 Å². The summed E-state index contributed by atoms with van der Waals surface area (Å²) in [7, 11) is 0. The summed E-state index contributed by atoms with van der Waals surface area (Å²) in [5.41, 5.74) is 5.51. The van der Waals surface area contributed by atoms with Crippen molar-refractivity contribution < 1.29 is 24.3 Å². The zero-order valence-corrected chi connectivity index (χ0v) is 21.7. The molecule has 1 aromatic heterocycles. The minimum Gasteiger partial charge on any atom is -0.486 e. The van der Waals surface area contributed by atoms with Gasteiger partial charge >= 0.3 is 5.97 Å². The molecule has 2 N–H and O–H groups in total. The molecule has 2 aromatic rings. The van der Waals surface area contributed by atoms with E-state index in [1.165, 1.54) is 44.1 Å². The fourth-order valence-electron chi connectivity index (χ4n) is 4.17. The van der Waals surface area contributed by atoms with Crippen molar-refractivity contribution in [3.8, 4) is 5.75 Å². The van der Waals surface area contributed by atoms with Crippen LogP contribution in [-0.4, -0.2) is 40.1 Å². The zero-order valence-electron chi connectivity index (χ0n) is 21.7. The summed E-state index contributed by atoms with van der Waals surface area (Å²) >= 11 is 0. The highest BCUT2D eigenvalue weighted by molar-refractivity contribution is 5.96. The van der Waals surface area contributed by atoms with Gasteiger partial charge in [0.1, 0.15) is 18.5 Å². The normalized spacial score (nSPS) is 15.9. The van der Waals surface area contributed by atoms with Gasteiger partial charge in [-0.2, -0.15) is 0 Å². The number of Topliss-reactive ketones (excluding diaryl/α,β-unsaturated/α-hetero) is 1. The van der Waals surface area contributed by atoms with E-state index in [0.29, 0.717) is 23.6 Å². The highest BCUT2D eigenvalue weighted by Crippen LogP contribution is 2.22. The molecule has 1 aliphatic rings. The van der Waals surface area contributed by atoms with Gasteiger partial charge in [0.15, 0.2) is 5.78 Å². The van der Waals surface area contributed by atoms with Crippen LogP contribution in [0, 0.1) is 0 Å². The van der Waals surface area contributed by atoms with E-state index in [-0.39, 0.29) is 25.0 Å². The molecule has 36 heavy (non-hydrogen) atoms. The van der Waals surface area contributed by atoms with Gasteiger partial charge in [-0.05, 0) is 56.4 Å². The lowest BCUT2D eigenvalue weighted by Gasteiger charge is -2.13. The molecule has 1 aliphatic heterocycles. The first-order valence-corrected chi connectivity index (χ1v) is 13.0. The van der Waals surface area contributed by atoms with Gasteiger partial charge in [-0.3, -0.25) is 9.59 Å². The molecule has 2 atom stereocenters. The van der Waals surface area contributed by atoms with Gasteiger partial charge < -0.3 is 19.2 Å². The lowest BCUT2D eigenvalue weighted by Crippen LogP contribution is -2.22. The van der Waals surface area contributed by atoms with Gasteiger partial charge in [-0.15, -0.1) is 5.48 Å². The summed E-state index contributed by atoms with van der Waals surface area (Å²) in [5, 5.41) is 9.10. The van der Waals surface area contributed by atoms with Gasteiger partial charge in [0, 0.05) is 18.8 Å². The van der Waals surface area contributed by atoms with Crippen molar-refractivity contribution >= 4 is 17.7 Å². The van der Waals surface area contributed by atoms with Gasteiger partial charge in [0.25, 0.3) is 0 Å². The minimum atomic E-state index is -0.884. The third-order valence-electron chi connectivity index (χ3n) is 6.44. The standard InChI is InChI=1S/C28H39N3O5/c1-4-5-6-7-8-9-10-22-11-14-24(15-12-22)35-19-26(32)20(2)31-17-23(13-16-27(33)34)25(18-31)28-29-21(3)30-36-28/h11-12,14-15,17-18,20-21,30H,4-10,13,16,19H2,1-3H3,(H,33,34). The molecule has 0 radical (unpaired) electrons. The number of carbonyl (C=O) groups excluding carboxylic acids is 1. The van der Waals surface area contributed by atoms with E-state index >= 15 is 0 Å². The maximum absolute atomic E-state index is 12.9. The van der Waals surface area contributed by atoms with E-state index < -0.39 is 12.0 Å². The first-order chi connectivity index (χ1) is 17.4. The summed E-state index contributed by atoms with van der Waals surface area (Å²) in [5.74, 6) is 0.105. The van der Waals surface area contributed by atoms with Crippen LogP contribution in [0.15, 0.2) is 41.7 Å². The van der Waals surface area contributed by atoms with Crippen LogP contribution in [0.25, 0.3) is 0 Å². The summed E-state index contributed by atoms with van der Waals surface area (Å²) in [6.45, 7) is 5.84. The van der Waals surface area contributed by atoms with E-state index in [0.717, 1.165) is 12.0 Å². The Hall–Kier alpha value is -3.13. The van der Waals surface area contributed by atoms with Gasteiger partial charge in [-0.1, -0.05) is 51.2 Å². The lowest BCUT2D eigenvalue weighted by molar-refractivity contribution is -0.137. The number of benzene rings is 1. The van der Waals surface area contributed by atoms with Crippen LogP contribution in [0.5, 0.6) is 5.75 Å². The van der Waals surface area contributed by atoms with E-state index in [1.807, 2.05) is 19.1 Å². The van der Waals surface area contributed by atoms with Crippen molar-refractivity contribution in [2.45, 2.75) is 90.8 Å². The van der Waals surface area contributed by atoms with Crippen LogP contribution in [-0.2, 0) is 27.3 Å². The molecule has 0 amide bonds. The number of nitrogens with zero attached hydrogens (tertiary/aromatic N) is 2. The molecule has 8 nitrogen and oxygen atoms in total. The molecule has 1 aromatic carbocycles. The Balaban J connectivity index is 1.54. The number of carbonyl (C=O) groups is 2. The third kappa shape index (κ3) is 8.22. The van der Waals surface area contributed by atoms with Crippen molar-refractivity contribution in [2.75, 3.05) is 6.61 Å². The van der Waals surface area contributed by atoms with Crippen molar-refractivity contribution in [1.82, 2.24) is 10.0 Å². The van der Waals surface area contributed by atoms with E-state index in [9.17, 15) is 9.59 Å². The zero-order chi connectivity index (χ0) is 25.9. The van der Waals surface area contributed by atoms with Gasteiger partial charge in [-0.25, -0.2) is 4.99 Å². The Morgan fingerprint density at radius 1 is 1.11 bits per heavy atom. The number of hydroxylamine groups is 1. The monoisotopic (exact) mass is 497 g/mol. The molecule has 3 rings (SSSR count). The molecule has 196 valence electrons. The van der Waals surface area contributed by atoms with E-state index in [4.69, 9.17) is 14.7 Å². The number of hydrogen-bond acceptors (Lipinski definition) is 6. The van der Waals surface area contributed by atoms with Crippen molar-refractivity contribution in [2.24, 2.45) is 4.99 Å². The molecular formula is C28H39N3O5. The van der Waals surface area contributed by atoms with Crippen molar-refractivity contribution in [3.05, 3.63) is 53.3 Å². The van der Waals surface area contributed by atoms with Crippen molar-refractivity contribution in [3.63, 3.8) is 0 Å². The SMILES string of the molecule is CCCCCCCCc1ccc(OCC(=O)C(C)n2cc(CCC(=O)O)c(C3=NC(C)NO3)c2)cc1. The number of rotatable bonds is 16. The minimum absolute atomic E-state index is 0.0203. The number of hydrogen-bond donors (Lipinski definition) is 2. The molecule has 2 heterocycles. The average Bonchev–Trinajstić information content (AvgIpc) is 3.49. The number of unbranched alkanes of at least 4 members (excludes halogenated alkanes) is 5. The van der Waals surface area contributed by atoms with Gasteiger partial charge in [0.05, 0.1) is 11.6 Å². The predicted octanol–water partition coefficient (Wildman–Crippen LogP) is 5.24. The highest BCUT2D eigenvalue weighted by Gasteiger charge is 2.24. The quantitative estimate of drug-likeness (QED) is 0.307. The largest absolute Gasteiger partial charge is 0.486 e. The van der Waals surface area contributed by atoms with Crippen LogP contribution in [0.2, 0.25) is 0 Å². The summed E-state index contributed by atoms with van der Waals surface area (Å²) in [4.78, 5) is 33.8. The Labute approximate surface area is 213 Å². The molecule has 0 spiro atoms. The smallest absolute Gasteiger partial charge is 0.303 e. The second-order valence-electron chi connectivity index (χ2n) is 9.46. The van der Waals surface area contributed by atoms with Crippen molar-refractivity contribution in [1.29, 1.82) is 0 Å². The number of aryl methyl sites for hydroxylation is 2. The molecule has 2 unspecified atom stereocenters. The second kappa shape index (κ2) is 13.8. The van der Waals surface area contributed by atoms with E-state index in [2.05, 4.69) is 29.5 Å². The number of ether oxygens (including phenoxy) is 1. The van der Waals surface area contributed by atoms with Crippen LogP contribution in [0.4, 0.5) is 0 Å². The Bertz CT molecular complexity index is 1030. The Morgan fingerprint density at radius 2 is 1.83 bits per heavy atom. The Kier molecular flexibility index (Phi) is 10.5. The number of aromatic nitrogens is 1. The molecule has 0 aliphatic carbocycles. The molecule has 0 saturated heterocycles. The topological polar surface area (TPSA) is 102 Å².